The number of carbonyl (C=O) groups excluding carboxylic acids is 5. The second kappa shape index (κ2) is 24.1. The summed E-state index contributed by atoms with van der Waals surface area (Å²) in [4.78, 5) is 66.1. The first-order chi connectivity index (χ1) is 25.7. The molecule has 2 aromatic rings. The Kier molecular flexibility index (Phi) is 20.5. The van der Waals surface area contributed by atoms with E-state index in [1.807, 2.05) is 24.3 Å². The largest absolute Gasteiger partial charge is 0.475 e. The summed E-state index contributed by atoms with van der Waals surface area (Å²) in [6.45, 7) is 6.95. The molecule has 16 heteroatoms. The molecular weight excluding hydrogens is 693 g/mol. The normalized spacial score (nSPS) is 14.4. The van der Waals surface area contributed by atoms with Gasteiger partial charge in [0.2, 0.25) is 23.6 Å². The van der Waals surface area contributed by atoms with Gasteiger partial charge in [0.1, 0.15) is 24.2 Å². The third kappa shape index (κ3) is 15.6. The summed E-state index contributed by atoms with van der Waals surface area (Å²) < 4.78 is 0. The number of benzene rings is 2. The molecule has 298 valence electrons. The number of rotatable bonds is 24. The fourth-order valence-corrected chi connectivity index (χ4v) is 5.55. The topological polar surface area (TPSA) is 258 Å². The van der Waals surface area contributed by atoms with E-state index >= 15 is 0 Å². The summed E-state index contributed by atoms with van der Waals surface area (Å²) in [7, 11) is -1.82. The van der Waals surface area contributed by atoms with Crippen LogP contribution in [0.3, 0.4) is 0 Å². The Labute approximate surface area is 318 Å². The molecule has 15 nitrogen and oxygen atoms in total. The Morgan fingerprint density at radius 1 is 0.648 bits per heavy atom. The van der Waals surface area contributed by atoms with Crippen molar-refractivity contribution in [3.8, 4) is 11.1 Å². The molecule has 0 radical (unpaired) electrons. The maximum atomic E-state index is 13.5. The molecule has 1 unspecified atom stereocenters. The van der Waals surface area contributed by atoms with Crippen molar-refractivity contribution in [1.29, 1.82) is 0 Å². The third-order valence-corrected chi connectivity index (χ3v) is 9.03. The van der Waals surface area contributed by atoms with Gasteiger partial charge in [-0.3, -0.25) is 24.0 Å². The van der Waals surface area contributed by atoms with Gasteiger partial charge in [0.15, 0.2) is 0 Å². The van der Waals surface area contributed by atoms with Gasteiger partial charge in [-0.2, -0.15) is 0 Å². The highest BCUT2D eigenvalue weighted by Crippen LogP contribution is 2.21. The molecule has 6 atom stereocenters. The van der Waals surface area contributed by atoms with Crippen LogP contribution < -0.4 is 38.1 Å². The van der Waals surface area contributed by atoms with Crippen molar-refractivity contribution >= 4 is 36.7 Å². The highest BCUT2D eigenvalue weighted by atomic mass is 16.4. The van der Waals surface area contributed by atoms with Gasteiger partial charge >= 0.3 is 7.12 Å². The molecule has 0 aromatic heterocycles. The average molecular weight is 754 g/mol. The van der Waals surface area contributed by atoms with Gasteiger partial charge < -0.3 is 53.2 Å². The number of nitrogens with two attached hydrogens (primary N) is 2. The van der Waals surface area contributed by atoms with Crippen LogP contribution in [0.4, 0.5) is 0 Å². The van der Waals surface area contributed by atoms with Crippen molar-refractivity contribution < 1.29 is 39.1 Å². The summed E-state index contributed by atoms with van der Waals surface area (Å²) in [5.74, 6) is -4.48. The first kappa shape index (κ1) is 45.8. The standard InChI is InChI=1S/C38H60BN7O8/c1-5-6-11-27-14-16-28(17-15-27)29-18-20-30(21-19-29)35(49)45-32(13-8-10-23-41)37(51)46-33(25(3)47)38(52)42-24(2)34(48)44-31(12-7-9-22-40)36(50)43-26(4)39(53)54/h14-21,24-26,31-33,47,53-54H,5-13,22-23,40-41H2,1-4H3,(H,42,52)(H,43,50)(H,44,48)(H,45,49)(H,46,51)/t24-,25?,26-,31-,32+,33-/m0/s1. The van der Waals surface area contributed by atoms with Crippen molar-refractivity contribution in [2.24, 2.45) is 11.5 Å². The van der Waals surface area contributed by atoms with Crippen molar-refractivity contribution in [2.45, 2.75) is 122 Å². The predicted octanol–water partition coefficient (Wildman–Crippen LogP) is 0.424. The van der Waals surface area contributed by atoms with Crippen molar-refractivity contribution in [1.82, 2.24) is 26.6 Å². The van der Waals surface area contributed by atoms with Crippen LogP contribution in [0.15, 0.2) is 48.5 Å². The van der Waals surface area contributed by atoms with E-state index in [1.165, 1.54) is 26.3 Å². The molecule has 0 heterocycles. The van der Waals surface area contributed by atoms with E-state index in [1.54, 1.807) is 12.1 Å². The van der Waals surface area contributed by atoms with Gasteiger partial charge in [0.05, 0.1) is 12.0 Å². The molecule has 0 aliphatic carbocycles. The minimum Gasteiger partial charge on any atom is -0.426 e. The Hall–Kier alpha value is -4.35. The molecule has 0 fully saturated rings. The van der Waals surface area contributed by atoms with Crippen LogP contribution in [-0.2, 0) is 25.6 Å². The lowest BCUT2D eigenvalue weighted by atomic mass is 9.81. The maximum absolute atomic E-state index is 13.5. The summed E-state index contributed by atoms with van der Waals surface area (Å²) in [5.41, 5.74) is 14.8. The monoisotopic (exact) mass is 753 g/mol. The zero-order chi connectivity index (χ0) is 40.2. The Bertz CT molecular complexity index is 1480. The van der Waals surface area contributed by atoms with E-state index in [4.69, 9.17) is 11.5 Å². The Balaban J connectivity index is 2.11. The van der Waals surface area contributed by atoms with E-state index in [9.17, 15) is 39.1 Å². The third-order valence-electron chi connectivity index (χ3n) is 9.03. The molecule has 2 rings (SSSR count). The number of hydrogen-bond donors (Lipinski definition) is 10. The summed E-state index contributed by atoms with van der Waals surface area (Å²) in [6, 6.07) is 10.5. The fourth-order valence-electron chi connectivity index (χ4n) is 5.55. The van der Waals surface area contributed by atoms with E-state index in [2.05, 4.69) is 45.6 Å². The van der Waals surface area contributed by atoms with E-state index in [0.717, 1.165) is 30.4 Å². The first-order valence-electron chi connectivity index (χ1n) is 18.9. The summed E-state index contributed by atoms with van der Waals surface area (Å²) in [5, 5.41) is 41.9. The molecule has 2 aromatic carbocycles. The van der Waals surface area contributed by atoms with Crippen LogP contribution in [0.2, 0.25) is 0 Å². The van der Waals surface area contributed by atoms with Crippen LogP contribution >= 0.6 is 0 Å². The van der Waals surface area contributed by atoms with Gasteiger partial charge in [-0.25, -0.2) is 0 Å². The molecule has 0 saturated heterocycles. The predicted molar refractivity (Wildman–Crippen MR) is 208 cm³/mol. The lowest BCUT2D eigenvalue weighted by Gasteiger charge is -2.27. The minimum absolute atomic E-state index is 0.199. The Morgan fingerprint density at radius 2 is 1.17 bits per heavy atom. The highest BCUT2D eigenvalue weighted by Gasteiger charge is 2.33. The number of hydrogen-bond acceptors (Lipinski definition) is 10. The van der Waals surface area contributed by atoms with Crippen LogP contribution in [0.25, 0.3) is 11.1 Å². The van der Waals surface area contributed by atoms with Crippen molar-refractivity contribution in [3.05, 3.63) is 59.7 Å². The van der Waals surface area contributed by atoms with E-state index in [-0.39, 0.29) is 12.8 Å². The van der Waals surface area contributed by atoms with Gasteiger partial charge in [-0.05, 0) is 114 Å². The number of amides is 5. The van der Waals surface area contributed by atoms with Crippen LogP contribution in [0.1, 0.15) is 95.0 Å². The van der Waals surface area contributed by atoms with Crippen molar-refractivity contribution in [2.75, 3.05) is 13.1 Å². The quantitative estimate of drug-likeness (QED) is 0.0522. The van der Waals surface area contributed by atoms with Gasteiger partial charge in [-0.15, -0.1) is 0 Å². The van der Waals surface area contributed by atoms with Crippen molar-refractivity contribution in [3.63, 3.8) is 0 Å². The molecular formula is C38H60BN7O8. The SMILES string of the molecule is CCCCc1ccc(-c2ccc(C(=O)N[C@H](CCCCN)C(=O)N[C@H](C(=O)N[C@@H](C)C(=O)N[C@@H](CCCCN)C(=O)N[C@@H](C)B(O)O)C(C)O)cc2)cc1. The number of aryl methyl sites for hydroxylation is 1. The smallest absolute Gasteiger partial charge is 0.426 e. The van der Waals surface area contributed by atoms with Gasteiger partial charge in [-0.1, -0.05) is 49.7 Å². The minimum atomic E-state index is -1.82. The number of aliphatic hydroxyl groups is 1. The average Bonchev–Trinajstić information content (AvgIpc) is 3.15. The summed E-state index contributed by atoms with van der Waals surface area (Å²) >= 11 is 0. The maximum Gasteiger partial charge on any atom is 0.475 e. The van der Waals surface area contributed by atoms with Gasteiger partial charge in [0, 0.05) is 5.56 Å². The lowest BCUT2D eigenvalue weighted by molar-refractivity contribution is -0.135. The second-order valence-corrected chi connectivity index (χ2v) is 13.7. The van der Waals surface area contributed by atoms with E-state index < -0.39 is 72.9 Å². The first-order valence-corrected chi connectivity index (χ1v) is 18.9. The highest BCUT2D eigenvalue weighted by molar-refractivity contribution is 6.43. The van der Waals surface area contributed by atoms with E-state index in [0.29, 0.717) is 44.3 Å². The molecule has 0 spiro atoms. The fraction of sp³-hybridized carbons (Fsp3) is 0.553. The number of carbonyl (C=O) groups is 5. The molecule has 0 bridgehead atoms. The molecule has 0 saturated carbocycles. The molecule has 0 aliphatic heterocycles. The van der Waals surface area contributed by atoms with Gasteiger partial charge in [0.25, 0.3) is 5.91 Å². The molecule has 0 aliphatic rings. The van der Waals surface area contributed by atoms with Crippen LogP contribution in [0.5, 0.6) is 0 Å². The number of nitrogens with one attached hydrogen (secondary N) is 5. The molecule has 12 N–H and O–H groups in total. The van der Waals surface area contributed by atoms with Crippen LogP contribution in [0, 0.1) is 0 Å². The summed E-state index contributed by atoms with van der Waals surface area (Å²) in [6.07, 6.45) is 4.45. The molecule has 5 amide bonds. The number of unbranched alkanes of at least 4 members (excludes halogenated alkanes) is 3. The molecule has 54 heavy (non-hydrogen) atoms. The zero-order valence-electron chi connectivity index (χ0n) is 32.0. The Morgan fingerprint density at radius 3 is 1.67 bits per heavy atom. The second-order valence-electron chi connectivity index (χ2n) is 13.7. The zero-order valence-corrected chi connectivity index (χ0v) is 32.0. The number of aliphatic hydroxyl groups excluding tert-OH is 1. The lowest BCUT2D eigenvalue weighted by Crippen LogP contribution is -2.60. The van der Waals surface area contributed by atoms with Crippen LogP contribution in [-0.4, -0.2) is 101 Å².